The lowest BCUT2D eigenvalue weighted by molar-refractivity contribution is -0.116. The molecule has 120 valence electrons. The fourth-order valence-electron chi connectivity index (χ4n) is 2.17. The van der Waals surface area contributed by atoms with E-state index in [1.165, 1.54) is 0 Å². The number of hydrogen-bond acceptors (Lipinski definition) is 3. The van der Waals surface area contributed by atoms with Gasteiger partial charge in [-0.3, -0.25) is 9.59 Å². The zero-order valence-electron chi connectivity index (χ0n) is 13.3. The van der Waals surface area contributed by atoms with Crippen LogP contribution in [0.3, 0.4) is 0 Å². The van der Waals surface area contributed by atoms with Crippen molar-refractivity contribution in [3.8, 4) is 0 Å². The summed E-state index contributed by atoms with van der Waals surface area (Å²) in [6, 6.07) is 12.8. The minimum atomic E-state index is -0.178. The molecule has 2 aromatic carbocycles. The Kier molecular flexibility index (Phi) is 5.49. The number of amides is 2. The van der Waals surface area contributed by atoms with Crippen molar-refractivity contribution in [2.24, 2.45) is 5.73 Å². The van der Waals surface area contributed by atoms with Gasteiger partial charge in [0.25, 0.3) is 5.91 Å². The Bertz CT molecular complexity index is 726. The Morgan fingerprint density at radius 3 is 2.52 bits per heavy atom. The first-order valence-electron chi connectivity index (χ1n) is 7.48. The van der Waals surface area contributed by atoms with Crippen LogP contribution in [0.4, 0.5) is 11.4 Å². The maximum atomic E-state index is 12.3. The molecule has 4 N–H and O–H groups in total. The number of nitrogens with one attached hydrogen (secondary N) is 2. The highest BCUT2D eigenvalue weighted by atomic mass is 16.2. The Balaban J connectivity index is 2.15. The van der Waals surface area contributed by atoms with Gasteiger partial charge in [0.05, 0.1) is 0 Å². The number of aryl methyl sites for hydroxylation is 2. The van der Waals surface area contributed by atoms with Crippen molar-refractivity contribution in [1.82, 2.24) is 0 Å². The lowest BCUT2D eigenvalue weighted by atomic mass is 10.1. The van der Waals surface area contributed by atoms with Crippen molar-refractivity contribution in [2.75, 3.05) is 17.2 Å². The topological polar surface area (TPSA) is 84.2 Å². The molecule has 2 amide bonds. The Morgan fingerprint density at radius 2 is 1.83 bits per heavy atom. The number of anilines is 2. The fraction of sp³-hybridized carbons (Fsp3) is 0.222. The molecule has 2 aromatic rings. The van der Waals surface area contributed by atoms with Gasteiger partial charge in [-0.1, -0.05) is 23.8 Å². The van der Waals surface area contributed by atoms with Crippen LogP contribution in [0.15, 0.2) is 42.5 Å². The third-order valence-corrected chi connectivity index (χ3v) is 3.42. The molecular weight excluding hydrogens is 290 g/mol. The monoisotopic (exact) mass is 311 g/mol. The van der Waals surface area contributed by atoms with E-state index in [2.05, 4.69) is 10.6 Å². The van der Waals surface area contributed by atoms with Gasteiger partial charge >= 0.3 is 0 Å². The maximum Gasteiger partial charge on any atom is 0.255 e. The summed E-state index contributed by atoms with van der Waals surface area (Å²) >= 11 is 0. The average Bonchev–Trinajstić information content (AvgIpc) is 2.51. The quantitative estimate of drug-likeness (QED) is 0.794. The predicted molar refractivity (Wildman–Crippen MR) is 92.6 cm³/mol. The van der Waals surface area contributed by atoms with Gasteiger partial charge in [-0.25, -0.2) is 0 Å². The van der Waals surface area contributed by atoms with Crippen LogP contribution in [0, 0.1) is 13.8 Å². The molecule has 0 bridgehead atoms. The second kappa shape index (κ2) is 7.56. The Morgan fingerprint density at radius 1 is 1.04 bits per heavy atom. The van der Waals surface area contributed by atoms with Crippen LogP contribution in [-0.4, -0.2) is 18.4 Å². The van der Waals surface area contributed by atoms with Gasteiger partial charge in [0.15, 0.2) is 0 Å². The molecule has 23 heavy (non-hydrogen) atoms. The smallest absolute Gasteiger partial charge is 0.255 e. The summed E-state index contributed by atoms with van der Waals surface area (Å²) in [4.78, 5) is 24.0. The first kappa shape index (κ1) is 16.7. The zero-order valence-corrected chi connectivity index (χ0v) is 13.3. The largest absolute Gasteiger partial charge is 0.330 e. The molecule has 0 saturated carbocycles. The third kappa shape index (κ3) is 4.66. The zero-order chi connectivity index (χ0) is 16.8. The first-order chi connectivity index (χ1) is 11.0. The van der Waals surface area contributed by atoms with Gasteiger partial charge in [0.2, 0.25) is 5.91 Å². The van der Waals surface area contributed by atoms with E-state index in [9.17, 15) is 9.59 Å². The highest BCUT2D eigenvalue weighted by molar-refractivity contribution is 6.05. The fourth-order valence-corrected chi connectivity index (χ4v) is 2.17. The van der Waals surface area contributed by atoms with Crippen molar-refractivity contribution in [3.05, 3.63) is 59.2 Å². The van der Waals surface area contributed by atoms with Crippen LogP contribution in [0.5, 0.6) is 0 Å². The summed E-state index contributed by atoms with van der Waals surface area (Å²) in [5, 5.41) is 5.65. The maximum absolute atomic E-state index is 12.3. The van der Waals surface area contributed by atoms with Gasteiger partial charge in [-0.2, -0.15) is 0 Å². The molecule has 0 spiro atoms. The van der Waals surface area contributed by atoms with Crippen molar-refractivity contribution in [2.45, 2.75) is 20.3 Å². The lowest BCUT2D eigenvalue weighted by Crippen LogP contribution is -2.17. The standard InChI is InChI=1S/C18H21N3O2/c1-12-4-3-5-14(10-12)18(23)21-16-11-15(7-6-13(16)2)20-17(22)8-9-19/h3-7,10-11H,8-9,19H2,1-2H3,(H,20,22)(H,21,23). The van der Waals surface area contributed by atoms with E-state index in [-0.39, 0.29) is 18.2 Å². The molecule has 0 heterocycles. The van der Waals surface area contributed by atoms with E-state index in [1.807, 2.05) is 38.1 Å². The number of carbonyl (C=O) groups is 2. The van der Waals surface area contributed by atoms with Crippen molar-refractivity contribution in [1.29, 1.82) is 0 Å². The molecule has 0 atom stereocenters. The Hall–Kier alpha value is -2.66. The summed E-state index contributed by atoms with van der Waals surface area (Å²) in [6.45, 7) is 4.14. The van der Waals surface area contributed by atoms with E-state index in [1.54, 1.807) is 18.2 Å². The van der Waals surface area contributed by atoms with Gasteiger partial charge in [-0.05, 0) is 43.7 Å². The second-order valence-corrected chi connectivity index (χ2v) is 5.44. The minimum absolute atomic E-state index is 0.146. The highest BCUT2D eigenvalue weighted by Gasteiger charge is 2.09. The molecule has 0 saturated heterocycles. The number of benzene rings is 2. The van der Waals surface area contributed by atoms with E-state index in [4.69, 9.17) is 5.73 Å². The normalized spacial score (nSPS) is 10.2. The number of hydrogen-bond donors (Lipinski definition) is 3. The van der Waals surface area contributed by atoms with Crippen LogP contribution in [0.1, 0.15) is 27.9 Å². The summed E-state index contributed by atoms with van der Waals surface area (Å²) < 4.78 is 0. The summed E-state index contributed by atoms with van der Waals surface area (Å²) in [5.74, 6) is -0.324. The molecule has 0 radical (unpaired) electrons. The number of rotatable bonds is 5. The highest BCUT2D eigenvalue weighted by Crippen LogP contribution is 2.21. The average molecular weight is 311 g/mol. The van der Waals surface area contributed by atoms with Gasteiger partial charge in [0.1, 0.15) is 0 Å². The molecule has 0 aliphatic carbocycles. The second-order valence-electron chi connectivity index (χ2n) is 5.44. The molecule has 5 nitrogen and oxygen atoms in total. The van der Waals surface area contributed by atoms with E-state index in [0.717, 1.165) is 11.1 Å². The SMILES string of the molecule is Cc1cccc(C(=O)Nc2cc(NC(=O)CCN)ccc2C)c1. The third-order valence-electron chi connectivity index (χ3n) is 3.42. The van der Waals surface area contributed by atoms with E-state index >= 15 is 0 Å². The van der Waals surface area contributed by atoms with Gasteiger partial charge < -0.3 is 16.4 Å². The number of carbonyl (C=O) groups excluding carboxylic acids is 2. The molecule has 0 unspecified atom stereocenters. The lowest BCUT2D eigenvalue weighted by Gasteiger charge is -2.12. The molecule has 0 aliphatic rings. The molecule has 2 rings (SSSR count). The molecule has 5 heteroatoms. The van der Waals surface area contributed by atoms with E-state index < -0.39 is 0 Å². The van der Waals surface area contributed by atoms with Crippen LogP contribution in [0.2, 0.25) is 0 Å². The predicted octanol–water partition coefficient (Wildman–Crippen LogP) is 2.84. The Labute approximate surface area is 135 Å². The van der Waals surface area contributed by atoms with Crippen molar-refractivity contribution >= 4 is 23.2 Å². The summed E-state index contributed by atoms with van der Waals surface area (Å²) in [6.07, 6.45) is 0.263. The van der Waals surface area contributed by atoms with E-state index in [0.29, 0.717) is 23.5 Å². The van der Waals surface area contributed by atoms with Crippen LogP contribution in [-0.2, 0) is 4.79 Å². The van der Waals surface area contributed by atoms with Gasteiger partial charge in [-0.15, -0.1) is 0 Å². The molecule has 0 aliphatic heterocycles. The first-order valence-corrected chi connectivity index (χ1v) is 7.48. The molecular formula is C18H21N3O2. The molecule has 0 aromatic heterocycles. The summed E-state index contributed by atoms with van der Waals surface area (Å²) in [5.41, 5.74) is 9.21. The van der Waals surface area contributed by atoms with Crippen LogP contribution < -0.4 is 16.4 Å². The number of nitrogens with two attached hydrogens (primary N) is 1. The minimum Gasteiger partial charge on any atom is -0.330 e. The van der Waals surface area contributed by atoms with Crippen LogP contribution in [0.25, 0.3) is 0 Å². The van der Waals surface area contributed by atoms with Gasteiger partial charge in [0, 0.05) is 29.9 Å². The van der Waals surface area contributed by atoms with Crippen molar-refractivity contribution < 1.29 is 9.59 Å². The summed E-state index contributed by atoms with van der Waals surface area (Å²) in [7, 11) is 0. The molecule has 0 fully saturated rings. The van der Waals surface area contributed by atoms with Crippen molar-refractivity contribution in [3.63, 3.8) is 0 Å². The van der Waals surface area contributed by atoms with Crippen LogP contribution >= 0.6 is 0 Å².